The number of rotatable bonds is 5. The monoisotopic (exact) mass is 254 g/mol. The Kier molecular flexibility index (Phi) is 4.28. The number of nitrogens with one attached hydrogen (secondary N) is 2. The highest BCUT2D eigenvalue weighted by molar-refractivity contribution is 5.87. The summed E-state index contributed by atoms with van der Waals surface area (Å²) in [4.78, 5) is 12.6. The first kappa shape index (κ1) is 13.8. The van der Waals surface area contributed by atoms with Gasteiger partial charge in [0.25, 0.3) is 0 Å². The van der Waals surface area contributed by atoms with Crippen LogP contribution in [0.15, 0.2) is 0 Å². The molecule has 2 aliphatic rings. The minimum atomic E-state index is -0.375. The van der Waals surface area contributed by atoms with E-state index >= 15 is 0 Å². The van der Waals surface area contributed by atoms with Crippen molar-refractivity contribution in [3.05, 3.63) is 0 Å². The van der Waals surface area contributed by atoms with Crippen molar-refractivity contribution < 1.29 is 9.90 Å². The number of hydrogen-bond acceptors (Lipinski definition) is 3. The van der Waals surface area contributed by atoms with Crippen LogP contribution in [-0.2, 0) is 4.79 Å². The van der Waals surface area contributed by atoms with E-state index in [2.05, 4.69) is 17.6 Å². The highest BCUT2D eigenvalue weighted by Gasteiger charge is 2.44. The first-order chi connectivity index (χ1) is 8.66. The molecule has 4 heteroatoms. The third-order valence-electron chi connectivity index (χ3n) is 4.60. The van der Waals surface area contributed by atoms with Gasteiger partial charge in [-0.3, -0.25) is 4.79 Å². The normalized spacial score (nSPS) is 30.6. The third-order valence-corrected chi connectivity index (χ3v) is 4.60. The largest absolute Gasteiger partial charge is 0.394 e. The molecular formula is C14H26N2O2. The molecule has 0 radical (unpaired) electrons. The summed E-state index contributed by atoms with van der Waals surface area (Å²) in [7, 11) is 0. The second-order valence-corrected chi connectivity index (χ2v) is 5.96. The molecule has 2 fully saturated rings. The maximum absolute atomic E-state index is 12.6. The SMILES string of the molecule is CCCC1(C(=O)NC2(CO)CCCC2)CCCN1. The predicted octanol–water partition coefficient (Wildman–Crippen LogP) is 1.33. The lowest BCUT2D eigenvalue weighted by atomic mass is 9.88. The number of carbonyl (C=O) groups is 1. The summed E-state index contributed by atoms with van der Waals surface area (Å²) in [6, 6.07) is 0. The van der Waals surface area contributed by atoms with Crippen molar-refractivity contribution in [2.24, 2.45) is 0 Å². The number of aliphatic hydroxyl groups excluding tert-OH is 1. The molecule has 1 heterocycles. The van der Waals surface area contributed by atoms with E-state index in [4.69, 9.17) is 0 Å². The molecule has 18 heavy (non-hydrogen) atoms. The van der Waals surface area contributed by atoms with Gasteiger partial charge in [0.05, 0.1) is 17.7 Å². The van der Waals surface area contributed by atoms with Crippen molar-refractivity contribution in [3.8, 4) is 0 Å². The van der Waals surface area contributed by atoms with Gasteiger partial charge in [-0.2, -0.15) is 0 Å². The summed E-state index contributed by atoms with van der Waals surface area (Å²) < 4.78 is 0. The van der Waals surface area contributed by atoms with Gasteiger partial charge in [-0.1, -0.05) is 26.2 Å². The first-order valence-electron chi connectivity index (χ1n) is 7.35. The lowest BCUT2D eigenvalue weighted by molar-refractivity contribution is -0.130. The van der Waals surface area contributed by atoms with Crippen molar-refractivity contribution in [2.75, 3.05) is 13.2 Å². The lowest BCUT2D eigenvalue weighted by Crippen LogP contribution is -2.60. The molecular weight excluding hydrogens is 228 g/mol. The minimum absolute atomic E-state index is 0.0704. The summed E-state index contributed by atoms with van der Waals surface area (Å²) in [6.07, 6.45) is 7.93. The highest BCUT2D eigenvalue weighted by atomic mass is 16.3. The summed E-state index contributed by atoms with van der Waals surface area (Å²) in [6.45, 7) is 3.12. The first-order valence-corrected chi connectivity index (χ1v) is 7.35. The van der Waals surface area contributed by atoms with E-state index in [1.165, 1.54) is 0 Å². The van der Waals surface area contributed by atoms with Gasteiger partial charge in [-0.25, -0.2) is 0 Å². The molecule has 1 aliphatic heterocycles. The second kappa shape index (κ2) is 5.57. The molecule has 0 aromatic heterocycles. The molecule has 0 bridgehead atoms. The molecule has 1 atom stereocenters. The fourth-order valence-corrected chi connectivity index (χ4v) is 3.49. The van der Waals surface area contributed by atoms with Crippen LogP contribution in [0.2, 0.25) is 0 Å². The Morgan fingerprint density at radius 3 is 2.50 bits per heavy atom. The van der Waals surface area contributed by atoms with E-state index in [0.717, 1.165) is 57.9 Å². The molecule has 1 aliphatic carbocycles. The van der Waals surface area contributed by atoms with Crippen LogP contribution in [0, 0.1) is 0 Å². The van der Waals surface area contributed by atoms with Crippen molar-refractivity contribution in [2.45, 2.75) is 69.4 Å². The molecule has 1 amide bonds. The van der Waals surface area contributed by atoms with Crippen LogP contribution in [0.4, 0.5) is 0 Å². The minimum Gasteiger partial charge on any atom is -0.394 e. The van der Waals surface area contributed by atoms with Gasteiger partial charge in [0.15, 0.2) is 0 Å². The van der Waals surface area contributed by atoms with Crippen LogP contribution in [0.1, 0.15) is 58.3 Å². The Balaban J connectivity index is 2.05. The lowest BCUT2D eigenvalue weighted by Gasteiger charge is -2.35. The molecule has 0 aromatic carbocycles. The van der Waals surface area contributed by atoms with E-state index in [1.807, 2.05) is 0 Å². The van der Waals surface area contributed by atoms with Gasteiger partial charge in [0.2, 0.25) is 5.91 Å². The average molecular weight is 254 g/mol. The third kappa shape index (κ3) is 2.54. The number of aliphatic hydroxyl groups is 1. The summed E-state index contributed by atoms with van der Waals surface area (Å²) in [5.74, 6) is 0.109. The summed E-state index contributed by atoms with van der Waals surface area (Å²) >= 11 is 0. The summed E-state index contributed by atoms with van der Waals surface area (Å²) in [5.41, 5.74) is -0.721. The van der Waals surface area contributed by atoms with Crippen LogP contribution in [-0.4, -0.2) is 35.2 Å². The zero-order chi connectivity index (χ0) is 13.1. The molecule has 1 saturated carbocycles. The highest BCUT2D eigenvalue weighted by Crippen LogP contribution is 2.32. The Labute approximate surface area is 110 Å². The predicted molar refractivity (Wildman–Crippen MR) is 71.3 cm³/mol. The van der Waals surface area contributed by atoms with Crippen LogP contribution in [0.5, 0.6) is 0 Å². The van der Waals surface area contributed by atoms with Gasteiger partial charge >= 0.3 is 0 Å². The van der Waals surface area contributed by atoms with E-state index in [1.54, 1.807) is 0 Å². The molecule has 0 aromatic rings. The van der Waals surface area contributed by atoms with Crippen molar-refractivity contribution in [3.63, 3.8) is 0 Å². The van der Waals surface area contributed by atoms with E-state index in [0.29, 0.717) is 0 Å². The zero-order valence-electron chi connectivity index (χ0n) is 11.4. The fourth-order valence-electron chi connectivity index (χ4n) is 3.49. The van der Waals surface area contributed by atoms with Crippen LogP contribution >= 0.6 is 0 Å². The van der Waals surface area contributed by atoms with E-state index < -0.39 is 0 Å². The Morgan fingerprint density at radius 2 is 2.00 bits per heavy atom. The maximum atomic E-state index is 12.6. The quantitative estimate of drug-likeness (QED) is 0.693. The van der Waals surface area contributed by atoms with Crippen molar-refractivity contribution in [1.82, 2.24) is 10.6 Å². The van der Waals surface area contributed by atoms with Gasteiger partial charge in [0, 0.05) is 0 Å². The number of amides is 1. The number of hydrogen-bond donors (Lipinski definition) is 3. The molecule has 1 unspecified atom stereocenters. The van der Waals surface area contributed by atoms with Gasteiger partial charge in [-0.05, 0) is 38.6 Å². The molecule has 4 nitrogen and oxygen atoms in total. The Morgan fingerprint density at radius 1 is 1.28 bits per heavy atom. The fraction of sp³-hybridized carbons (Fsp3) is 0.929. The summed E-state index contributed by atoms with van der Waals surface area (Å²) in [5, 5.41) is 16.1. The van der Waals surface area contributed by atoms with E-state index in [-0.39, 0.29) is 23.6 Å². The standard InChI is InChI=1S/C14H26N2O2/c1-2-6-14(9-5-10-15-14)12(18)16-13(11-17)7-3-4-8-13/h15,17H,2-11H2,1H3,(H,16,18). The van der Waals surface area contributed by atoms with Crippen molar-refractivity contribution in [1.29, 1.82) is 0 Å². The molecule has 0 spiro atoms. The maximum Gasteiger partial charge on any atom is 0.240 e. The molecule has 1 saturated heterocycles. The second-order valence-electron chi connectivity index (χ2n) is 5.96. The Bertz CT molecular complexity index is 292. The van der Waals surface area contributed by atoms with E-state index in [9.17, 15) is 9.90 Å². The molecule has 104 valence electrons. The average Bonchev–Trinajstić information content (AvgIpc) is 3.00. The van der Waals surface area contributed by atoms with Crippen molar-refractivity contribution >= 4 is 5.91 Å². The molecule has 3 N–H and O–H groups in total. The van der Waals surface area contributed by atoms with Crippen LogP contribution < -0.4 is 10.6 Å². The smallest absolute Gasteiger partial charge is 0.240 e. The van der Waals surface area contributed by atoms with Crippen LogP contribution in [0.3, 0.4) is 0 Å². The topological polar surface area (TPSA) is 61.4 Å². The Hall–Kier alpha value is -0.610. The van der Waals surface area contributed by atoms with Gasteiger partial charge < -0.3 is 15.7 Å². The van der Waals surface area contributed by atoms with Crippen LogP contribution in [0.25, 0.3) is 0 Å². The zero-order valence-corrected chi connectivity index (χ0v) is 11.4. The molecule has 2 rings (SSSR count). The van der Waals surface area contributed by atoms with Gasteiger partial charge in [0.1, 0.15) is 0 Å². The number of carbonyl (C=O) groups excluding carboxylic acids is 1. The van der Waals surface area contributed by atoms with Gasteiger partial charge in [-0.15, -0.1) is 0 Å².